The summed E-state index contributed by atoms with van der Waals surface area (Å²) in [6, 6.07) is 6.11. The van der Waals surface area contributed by atoms with Crippen molar-refractivity contribution in [1.82, 2.24) is 24.6 Å². The normalized spacial score (nSPS) is 18.5. The Bertz CT molecular complexity index is 1380. The number of ether oxygens (including phenoxy) is 2. The zero-order valence-electron chi connectivity index (χ0n) is 23.3. The second-order valence-corrected chi connectivity index (χ2v) is 12.3. The molecule has 2 saturated heterocycles. The molecule has 0 radical (unpaired) electrons. The van der Waals surface area contributed by atoms with E-state index in [-0.39, 0.29) is 18.2 Å². The number of benzene rings is 1. The summed E-state index contributed by atoms with van der Waals surface area (Å²) in [6.07, 6.45) is 4.38. The number of aromatic nitrogens is 3. The third-order valence-electron chi connectivity index (χ3n) is 7.18. The van der Waals surface area contributed by atoms with Crippen molar-refractivity contribution in [2.24, 2.45) is 0 Å². The van der Waals surface area contributed by atoms with Gasteiger partial charge < -0.3 is 19.3 Å². The minimum absolute atomic E-state index is 0.0178. The number of halogens is 1. The van der Waals surface area contributed by atoms with Gasteiger partial charge in [0.2, 0.25) is 0 Å². The molecule has 2 aliphatic rings. The van der Waals surface area contributed by atoms with Crippen LogP contribution in [0.5, 0.6) is 0 Å². The highest BCUT2D eigenvalue weighted by atomic mass is 79.9. The summed E-state index contributed by atoms with van der Waals surface area (Å²) in [7, 11) is 0. The number of rotatable bonds is 3. The van der Waals surface area contributed by atoms with E-state index < -0.39 is 5.60 Å². The lowest BCUT2D eigenvalue weighted by molar-refractivity contribution is -0.0368. The fraction of sp³-hybridized carbons (Fsp3) is 0.517. The molecule has 0 N–H and O–H groups in total. The van der Waals surface area contributed by atoms with E-state index in [9.17, 15) is 9.59 Å². The molecule has 1 aromatic carbocycles. The molecule has 9 nitrogen and oxygen atoms in total. The molecule has 1 atom stereocenters. The first-order chi connectivity index (χ1) is 18.5. The van der Waals surface area contributed by atoms with Crippen LogP contribution in [-0.2, 0) is 9.47 Å². The van der Waals surface area contributed by atoms with Crippen molar-refractivity contribution in [2.45, 2.75) is 65.7 Å². The first-order valence-corrected chi connectivity index (χ1v) is 14.4. The van der Waals surface area contributed by atoms with Crippen molar-refractivity contribution >= 4 is 39.0 Å². The lowest BCUT2D eigenvalue weighted by Crippen LogP contribution is -2.51. The predicted octanol–water partition coefficient (Wildman–Crippen LogP) is 5.87. The van der Waals surface area contributed by atoms with E-state index in [4.69, 9.17) is 14.6 Å². The van der Waals surface area contributed by atoms with E-state index in [2.05, 4.69) is 20.9 Å². The Balaban J connectivity index is 1.40. The Morgan fingerprint density at radius 1 is 1.03 bits per heavy atom. The van der Waals surface area contributed by atoms with Gasteiger partial charge in [-0.1, -0.05) is 0 Å². The van der Waals surface area contributed by atoms with Crippen LogP contribution in [0.1, 0.15) is 67.7 Å². The first-order valence-electron chi connectivity index (χ1n) is 13.6. The number of carbonyl (C=O) groups excluding carboxylic acids is 2. The van der Waals surface area contributed by atoms with Crippen LogP contribution >= 0.6 is 15.9 Å². The number of hydrogen-bond donors (Lipinski definition) is 0. The zero-order valence-corrected chi connectivity index (χ0v) is 24.9. The first kappa shape index (κ1) is 27.6. The Morgan fingerprint density at radius 3 is 2.31 bits per heavy atom. The zero-order chi connectivity index (χ0) is 27.9. The van der Waals surface area contributed by atoms with E-state index in [1.54, 1.807) is 11.1 Å². The van der Waals surface area contributed by atoms with E-state index in [0.717, 1.165) is 63.8 Å². The highest BCUT2D eigenvalue weighted by molar-refractivity contribution is 9.10. The molecule has 0 saturated carbocycles. The molecule has 2 amide bonds. The average Bonchev–Trinajstić information content (AvgIpc) is 3.26. The summed E-state index contributed by atoms with van der Waals surface area (Å²) in [5, 5.41) is 5.92. The van der Waals surface area contributed by atoms with Crippen LogP contribution in [0.2, 0.25) is 0 Å². The highest BCUT2D eigenvalue weighted by Gasteiger charge is 2.30. The molecule has 2 fully saturated rings. The maximum Gasteiger partial charge on any atom is 0.410 e. The van der Waals surface area contributed by atoms with Gasteiger partial charge in [-0.15, -0.1) is 0 Å². The summed E-state index contributed by atoms with van der Waals surface area (Å²) >= 11 is 3.56. The number of carbonyl (C=O) groups is 2. The van der Waals surface area contributed by atoms with Gasteiger partial charge in [0, 0.05) is 60.0 Å². The van der Waals surface area contributed by atoms with Gasteiger partial charge in [0.15, 0.2) is 11.9 Å². The SMILES string of the molecule is Cc1cc(-c2nn(C3CCCCO3)c3ncc(Br)cc23)cc(C)c1C(=O)N1CCN(C(=O)OC(C)(C)C)CC1. The largest absolute Gasteiger partial charge is 0.444 e. The molecular formula is C29H36BrN5O4. The van der Waals surface area contributed by atoms with Gasteiger partial charge in [0.05, 0.1) is 0 Å². The Kier molecular flexibility index (Phi) is 7.70. The van der Waals surface area contributed by atoms with E-state index >= 15 is 0 Å². The van der Waals surface area contributed by atoms with E-state index in [0.29, 0.717) is 31.7 Å². The number of nitrogens with zero attached hydrogens (tertiary/aromatic N) is 5. The van der Waals surface area contributed by atoms with Crippen molar-refractivity contribution in [3.05, 3.63) is 45.6 Å². The van der Waals surface area contributed by atoms with Crippen molar-refractivity contribution in [3.8, 4) is 11.3 Å². The molecule has 0 aliphatic carbocycles. The quantitative estimate of drug-likeness (QED) is 0.375. The summed E-state index contributed by atoms with van der Waals surface area (Å²) in [6.45, 7) is 12.1. The van der Waals surface area contributed by atoms with Crippen molar-refractivity contribution in [3.63, 3.8) is 0 Å². The smallest absolute Gasteiger partial charge is 0.410 e. The summed E-state index contributed by atoms with van der Waals surface area (Å²) in [4.78, 5) is 34.2. The molecule has 0 bridgehead atoms. The molecule has 208 valence electrons. The number of amides is 2. The van der Waals surface area contributed by atoms with Crippen molar-refractivity contribution in [2.75, 3.05) is 32.8 Å². The van der Waals surface area contributed by atoms with Crippen LogP contribution in [0.15, 0.2) is 28.9 Å². The molecule has 2 aliphatic heterocycles. The maximum atomic E-state index is 13.6. The van der Waals surface area contributed by atoms with Gasteiger partial charge in [-0.25, -0.2) is 14.5 Å². The summed E-state index contributed by atoms with van der Waals surface area (Å²) in [5.41, 5.74) is 4.49. The highest BCUT2D eigenvalue weighted by Crippen LogP contribution is 2.35. The number of pyridine rings is 1. The number of piperazine rings is 1. The summed E-state index contributed by atoms with van der Waals surface area (Å²) in [5.74, 6) is -0.0178. The third-order valence-corrected chi connectivity index (χ3v) is 7.61. The van der Waals surface area contributed by atoms with Crippen molar-refractivity contribution < 1.29 is 19.1 Å². The van der Waals surface area contributed by atoms with Gasteiger partial charge in [-0.05, 0) is 99.1 Å². The van der Waals surface area contributed by atoms with Crippen LogP contribution < -0.4 is 0 Å². The Hall–Kier alpha value is -2.98. The minimum Gasteiger partial charge on any atom is -0.444 e. The number of fused-ring (bicyclic) bond motifs is 1. The topological polar surface area (TPSA) is 89.8 Å². The van der Waals surface area contributed by atoms with Gasteiger partial charge in [-0.3, -0.25) is 4.79 Å². The lowest BCUT2D eigenvalue weighted by Gasteiger charge is -2.36. The molecule has 4 heterocycles. The predicted molar refractivity (Wildman–Crippen MR) is 153 cm³/mol. The van der Waals surface area contributed by atoms with E-state index in [1.807, 2.05) is 62.4 Å². The van der Waals surface area contributed by atoms with E-state index in [1.165, 1.54) is 0 Å². The summed E-state index contributed by atoms with van der Waals surface area (Å²) < 4.78 is 14.3. The second kappa shape index (κ2) is 10.9. The molecule has 3 aromatic rings. The van der Waals surface area contributed by atoms with Crippen molar-refractivity contribution in [1.29, 1.82) is 0 Å². The van der Waals surface area contributed by atoms with Crippen LogP contribution in [0, 0.1) is 13.8 Å². The number of hydrogen-bond acceptors (Lipinski definition) is 6. The van der Waals surface area contributed by atoms with Gasteiger partial charge in [0.25, 0.3) is 5.91 Å². The molecule has 5 rings (SSSR count). The van der Waals surface area contributed by atoms with Gasteiger partial charge in [-0.2, -0.15) is 5.10 Å². The molecular weight excluding hydrogens is 562 g/mol. The molecule has 1 unspecified atom stereocenters. The van der Waals surface area contributed by atoms with Crippen LogP contribution in [-0.4, -0.2) is 75.0 Å². The molecule has 39 heavy (non-hydrogen) atoms. The monoisotopic (exact) mass is 597 g/mol. The van der Waals surface area contributed by atoms with Gasteiger partial charge in [0.1, 0.15) is 11.3 Å². The lowest BCUT2D eigenvalue weighted by atomic mass is 9.96. The standard InChI is InChI=1S/C29H36BrN5O4/c1-18-14-20(25-22-16-21(30)17-31-26(22)35(32-25)23-8-6-7-13-38-23)15-19(2)24(18)27(36)33-9-11-34(12-10-33)28(37)39-29(3,4)5/h14-17,23H,6-13H2,1-5H3. The Labute approximate surface area is 237 Å². The van der Waals surface area contributed by atoms with Gasteiger partial charge >= 0.3 is 6.09 Å². The molecule has 10 heteroatoms. The second-order valence-electron chi connectivity index (χ2n) is 11.4. The molecule has 2 aromatic heterocycles. The Morgan fingerprint density at radius 2 is 1.69 bits per heavy atom. The maximum absolute atomic E-state index is 13.6. The number of aryl methyl sites for hydroxylation is 2. The minimum atomic E-state index is -0.545. The third kappa shape index (κ3) is 5.82. The fourth-order valence-electron chi connectivity index (χ4n) is 5.34. The van der Waals surface area contributed by atoms with Crippen LogP contribution in [0.25, 0.3) is 22.3 Å². The fourth-order valence-corrected chi connectivity index (χ4v) is 5.67. The average molecular weight is 599 g/mol. The van der Waals surface area contributed by atoms with Crippen LogP contribution in [0.3, 0.4) is 0 Å². The molecule has 0 spiro atoms. The van der Waals surface area contributed by atoms with Crippen LogP contribution in [0.4, 0.5) is 4.79 Å².